The van der Waals surface area contributed by atoms with Crippen LogP contribution in [0.5, 0.6) is 0 Å². The second-order valence-corrected chi connectivity index (χ2v) is 6.05. The van der Waals surface area contributed by atoms with Crippen LogP contribution in [0.3, 0.4) is 0 Å². The van der Waals surface area contributed by atoms with Crippen molar-refractivity contribution in [3.8, 4) is 0 Å². The molecule has 0 radical (unpaired) electrons. The SMILES string of the molecule is CCNC1CCCC1CCSC(C)CO. The molecule has 1 rings (SSSR count). The molecule has 1 aliphatic rings. The third kappa shape index (κ3) is 4.75. The minimum Gasteiger partial charge on any atom is -0.395 e. The molecule has 2 nitrogen and oxygen atoms in total. The Labute approximate surface area is 98.2 Å². The first-order valence-electron chi connectivity index (χ1n) is 6.23. The maximum absolute atomic E-state index is 8.93. The average molecular weight is 231 g/mol. The minimum atomic E-state index is 0.311. The molecule has 0 aliphatic heterocycles. The highest BCUT2D eigenvalue weighted by molar-refractivity contribution is 7.99. The van der Waals surface area contributed by atoms with Gasteiger partial charge in [-0.05, 0) is 37.5 Å². The topological polar surface area (TPSA) is 32.3 Å². The van der Waals surface area contributed by atoms with E-state index in [4.69, 9.17) is 5.11 Å². The highest BCUT2D eigenvalue weighted by atomic mass is 32.2. The number of hydrogen-bond donors (Lipinski definition) is 2. The Kier molecular flexibility index (Phi) is 6.69. The van der Waals surface area contributed by atoms with Gasteiger partial charge in [0.25, 0.3) is 0 Å². The van der Waals surface area contributed by atoms with Crippen molar-refractivity contribution in [2.75, 3.05) is 18.9 Å². The number of aliphatic hydroxyl groups is 1. The van der Waals surface area contributed by atoms with Gasteiger partial charge in [-0.2, -0.15) is 11.8 Å². The summed E-state index contributed by atoms with van der Waals surface area (Å²) in [5.74, 6) is 2.08. The van der Waals surface area contributed by atoms with Gasteiger partial charge in [0.2, 0.25) is 0 Å². The molecule has 0 aromatic rings. The zero-order valence-electron chi connectivity index (χ0n) is 10.0. The summed E-state index contributed by atoms with van der Waals surface area (Å²) in [7, 11) is 0. The second-order valence-electron chi connectivity index (χ2n) is 4.51. The highest BCUT2D eigenvalue weighted by Crippen LogP contribution is 2.30. The summed E-state index contributed by atoms with van der Waals surface area (Å²) < 4.78 is 0. The molecule has 0 spiro atoms. The molecular weight excluding hydrogens is 206 g/mol. The molecule has 0 bridgehead atoms. The van der Waals surface area contributed by atoms with Crippen molar-refractivity contribution in [1.29, 1.82) is 0 Å². The van der Waals surface area contributed by atoms with Crippen LogP contribution in [0.15, 0.2) is 0 Å². The Hall–Kier alpha value is 0.270. The van der Waals surface area contributed by atoms with Crippen molar-refractivity contribution in [1.82, 2.24) is 5.32 Å². The average Bonchev–Trinajstić information content (AvgIpc) is 2.66. The summed E-state index contributed by atoms with van der Waals surface area (Å²) in [4.78, 5) is 0. The van der Waals surface area contributed by atoms with Gasteiger partial charge >= 0.3 is 0 Å². The normalized spacial score (nSPS) is 28.2. The number of rotatable bonds is 7. The Balaban J connectivity index is 2.14. The van der Waals surface area contributed by atoms with Crippen LogP contribution in [0, 0.1) is 5.92 Å². The van der Waals surface area contributed by atoms with Gasteiger partial charge in [0, 0.05) is 11.3 Å². The lowest BCUT2D eigenvalue weighted by atomic mass is 10.0. The smallest absolute Gasteiger partial charge is 0.0547 e. The third-order valence-electron chi connectivity index (χ3n) is 3.27. The molecule has 2 N–H and O–H groups in total. The predicted octanol–water partition coefficient (Wildman–Crippen LogP) is 2.27. The van der Waals surface area contributed by atoms with Crippen molar-refractivity contribution in [3.05, 3.63) is 0 Å². The van der Waals surface area contributed by atoms with Gasteiger partial charge in [0.1, 0.15) is 0 Å². The fraction of sp³-hybridized carbons (Fsp3) is 1.00. The van der Waals surface area contributed by atoms with Crippen molar-refractivity contribution in [2.45, 2.75) is 50.8 Å². The quantitative estimate of drug-likeness (QED) is 0.705. The summed E-state index contributed by atoms with van der Waals surface area (Å²) >= 11 is 1.91. The van der Waals surface area contributed by atoms with Gasteiger partial charge in [-0.15, -0.1) is 0 Å². The molecule has 15 heavy (non-hydrogen) atoms. The van der Waals surface area contributed by atoms with Crippen LogP contribution in [0.1, 0.15) is 39.5 Å². The summed E-state index contributed by atoms with van der Waals surface area (Å²) in [6.45, 7) is 5.70. The van der Waals surface area contributed by atoms with Crippen molar-refractivity contribution in [2.24, 2.45) is 5.92 Å². The number of aliphatic hydroxyl groups excluding tert-OH is 1. The molecule has 0 heterocycles. The fourth-order valence-corrected chi connectivity index (χ4v) is 3.33. The summed E-state index contributed by atoms with van der Waals surface area (Å²) in [5, 5.41) is 12.9. The number of nitrogens with one attached hydrogen (secondary N) is 1. The van der Waals surface area contributed by atoms with Crippen LogP contribution < -0.4 is 5.32 Å². The van der Waals surface area contributed by atoms with Gasteiger partial charge in [-0.3, -0.25) is 0 Å². The molecule has 0 amide bonds. The van der Waals surface area contributed by atoms with Gasteiger partial charge in [-0.25, -0.2) is 0 Å². The van der Waals surface area contributed by atoms with Crippen molar-refractivity contribution < 1.29 is 5.11 Å². The molecule has 0 saturated heterocycles. The first kappa shape index (κ1) is 13.3. The van der Waals surface area contributed by atoms with E-state index in [0.29, 0.717) is 11.9 Å². The zero-order chi connectivity index (χ0) is 11.1. The number of thioether (sulfide) groups is 1. The van der Waals surface area contributed by atoms with E-state index in [1.807, 2.05) is 11.8 Å². The predicted molar refractivity (Wildman–Crippen MR) is 68.4 cm³/mol. The molecule has 90 valence electrons. The molecule has 0 aromatic carbocycles. The Morgan fingerprint density at radius 3 is 2.93 bits per heavy atom. The Morgan fingerprint density at radius 2 is 2.27 bits per heavy atom. The maximum atomic E-state index is 8.93. The molecular formula is C12H25NOS. The van der Waals surface area contributed by atoms with Crippen molar-refractivity contribution in [3.63, 3.8) is 0 Å². The molecule has 0 aromatic heterocycles. The largest absolute Gasteiger partial charge is 0.395 e. The van der Waals surface area contributed by atoms with E-state index in [0.717, 1.165) is 18.5 Å². The van der Waals surface area contributed by atoms with Crippen LogP contribution in [0.4, 0.5) is 0 Å². The van der Waals surface area contributed by atoms with Crippen molar-refractivity contribution >= 4 is 11.8 Å². The van der Waals surface area contributed by atoms with Crippen LogP contribution in [-0.2, 0) is 0 Å². The van der Waals surface area contributed by atoms with Crippen LogP contribution in [0.2, 0.25) is 0 Å². The van der Waals surface area contributed by atoms with E-state index >= 15 is 0 Å². The molecule has 1 saturated carbocycles. The highest BCUT2D eigenvalue weighted by Gasteiger charge is 2.25. The van der Waals surface area contributed by atoms with Crippen LogP contribution in [0.25, 0.3) is 0 Å². The third-order valence-corrected chi connectivity index (χ3v) is 4.46. The van der Waals surface area contributed by atoms with Gasteiger partial charge in [0.15, 0.2) is 0 Å². The Bertz CT molecular complexity index is 166. The minimum absolute atomic E-state index is 0.311. The molecule has 1 fully saturated rings. The monoisotopic (exact) mass is 231 g/mol. The standard InChI is InChI=1S/C12H25NOS/c1-3-13-12-6-4-5-11(12)7-8-15-10(2)9-14/h10-14H,3-9H2,1-2H3. The van der Waals surface area contributed by atoms with Gasteiger partial charge in [-0.1, -0.05) is 20.3 Å². The molecule has 3 atom stereocenters. The van der Waals surface area contributed by atoms with E-state index in [1.54, 1.807) is 0 Å². The molecule has 3 unspecified atom stereocenters. The van der Waals surface area contributed by atoms with E-state index in [9.17, 15) is 0 Å². The van der Waals surface area contributed by atoms with E-state index in [-0.39, 0.29) is 0 Å². The first-order chi connectivity index (χ1) is 7.27. The fourth-order valence-electron chi connectivity index (χ4n) is 2.39. The molecule has 3 heteroatoms. The van der Waals surface area contributed by atoms with Crippen LogP contribution in [-0.4, -0.2) is 35.3 Å². The summed E-state index contributed by atoms with van der Waals surface area (Å²) in [6.07, 6.45) is 5.46. The van der Waals surface area contributed by atoms with Crippen LogP contribution >= 0.6 is 11.8 Å². The van der Waals surface area contributed by atoms with E-state index in [1.165, 1.54) is 31.4 Å². The second kappa shape index (κ2) is 7.53. The van der Waals surface area contributed by atoms with Gasteiger partial charge < -0.3 is 10.4 Å². The molecule has 1 aliphatic carbocycles. The lowest BCUT2D eigenvalue weighted by Crippen LogP contribution is -2.32. The van der Waals surface area contributed by atoms with E-state index < -0.39 is 0 Å². The summed E-state index contributed by atoms with van der Waals surface area (Å²) in [5.41, 5.74) is 0. The number of hydrogen-bond acceptors (Lipinski definition) is 3. The van der Waals surface area contributed by atoms with Gasteiger partial charge in [0.05, 0.1) is 6.61 Å². The lowest BCUT2D eigenvalue weighted by Gasteiger charge is -2.20. The summed E-state index contributed by atoms with van der Waals surface area (Å²) in [6, 6.07) is 0.764. The Morgan fingerprint density at radius 1 is 1.47 bits per heavy atom. The lowest BCUT2D eigenvalue weighted by molar-refractivity contribution is 0.300. The maximum Gasteiger partial charge on any atom is 0.0547 e. The van der Waals surface area contributed by atoms with E-state index in [2.05, 4.69) is 19.2 Å². The first-order valence-corrected chi connectivity index (χ1v) is 7.28. The zero-order valence-corrected chi connectivity index (χ0v) is 10.9.